The molecule has 0 spiro atoms. The van der Waals surface area contributed by atoms with Crippen molar-refractivity contribution in [2.75, 3.05) is 19.5 Å². The summed E-state index contributed by atoms with van der Waals surface area (Å²) < 4.78 is 15.6. The molecule has 2 aromatic rings. The Kier molecular flexibility index (Phi) is 7.21. The minimum atomic E-state index is -0.933. The predicted molar refractivity (Wildman–Crippen MR) is 109 cm³/mol. The molecule has 2 aromatic carbocycles. The molecule has 148 valence electrons. The van der Waals surface area contributed by atoms with Crippen molar-refractivity contribution in [3.8, 4) is 11.5 Å². The van der Waals surface area contributed by atoms with Crippen molar-refractivity contribution < 1.29 is 23.8 Å². The Balaban J connectivity index is 1.99. The Morgan fingerprint density at radius 1 is 1.00 bits per heavy atom. The number of rotatable bonds is 7. The normalized spacial score (nSPS) is 11.8. The van der Waals surface area contributed by atoms with Gasteiger partial charge < -0.3 is 19.5 Å². The Morgan fingerprint density at radius 3 is 2.25 bits per heavy atom. The maximum absolute atomic E-state index is 12.3. The number of benzene rings is 2. The van der Waals surface area contributed by atoms with E-state index in [4.69, 9.17) is 14.2 Å². The quantitative estimate of drug-likeness (QED) is 0.580. The molecule has 2 rings (SSSR count). The second kappa shape index (κ2) is 9.60. The van der Waals surface area contributed by atoms with Crippen LogP contribution in [0.25, 0.3) is 6.08 Å². The third-order valence-corrected chi connectivity index (χ3v) is 4.10. The molecule has 0 bridgehead atoms. The van der Waals surface area contributed by atoms with Crippen molar-refractivity contribution in [1.29, 1.82) is 0 Å². The van der Waals surface area contributed by atoms with Crippen LogP contribution in [0.4, 0.5) is 5.69 Å². The molecule has 6 nitrogen and oxygen atoms in total. The van der Waals surface area contributed by atoms with Crippen LogP contribution in [0.5, 0.6) is 11.5 Å². The lowest BCUT2D eigenvalue weighted by Gasteiger charge is -2.14. The molecule has 0 heterocycles. The summed E-state index contributed by atoms with van der Waals surface area (Å²) in [4.78, 5) is 24.4. The number of nitrogens with one attached hydrogen (secondary N) is 1. The minimum absolute atomic E-state index is 0.390. The number of carbonyl (C=O) groups excluding carboxylic acids is 2. The van der Waals surface area contributed by atoms with Crippen LogP contribution in [0.2, 0.25) is 0 Å². The number of methoxy groups -OCH3 is 2. The van der Waals surface area contributed by atoms with E-state index >= 15 is 0 Å². The molecule has 0 fully saturated rings. The van der Waals surface area contributed by atoms with Crippen molar-refractivity contribution in [1.82, 2.24) is 0 Å². The van der Waals surface area contributed by atoms with E-state index in [9.17, 15) is 9.59 Å². The second-order valence-corrected chi connectivity index (χ2v) is 6.37. The number of carbonyl (C=O) groups is 2. The molecule has 0 aliphatic heterocycles. The number of esters is 1. The van der Waals surface area contributed by atoms with Crippen LogP contribution in [0.15, 0.2) is 42.5 Å². The summed E-state index contributed by atoms with van der Waals surface area (Å²) in [5.41, 5.74) is 3.37. The largest absolute Gasteiger partial charge is 0.497 e. The summed E-state index contributed by atoms with van der Waals surface area (Å²) in [5.74, 6) is 0.200. The third kappa shape index (κ3) is 5.87. The monoisotopic (exact) mass is 383 g/mol. The fraction of sp³-hybridized carbons (Fsp3) is 0.273. The highest BCUT2D eigenvalue weighted by atomic mass is 16.5. The average Bonchev–Trinajstić information content (AvgIpc) is 2.68. The fourth-order valence-electron chi connectivity index (χ4n) is 2.46. The van der Waals surface area contributed by atoms with Gasteiger partial charge in [-0.15, -0.1) is 0 Å². The van der Waals surface area contributed by atoms with Crippen LogP contribution >= 0.6 is 0 Å². The van der Waals surface area contributed by atoms with Crippen LogP contribution in [0.3, 0.4) is 0 Å². The van der Waals surface area contributed by atoms with Gasteiger partial charge >= 0.3 is 5.97 Å². The van der Waals surface area contributed by atoms with Gasteiger partial charge in [0.05, 0.1) is 14.2 Å². The third-order valence-electron chi connectivity index (χ3n) is 4.10. The van der Waals surface area contributed by atoms with Gasteiger partial charge in [-0.25, -0.2) is 4.79 Å². The molecule has 0 saturated heterocycles. The van der Waals surface area contributed by atoms with E-state index < -0.39 is 18.0 Å². The first kappa shape index (κ1) is 21.0. The molecule has 6 heteroatoms. The lowest BCUT2D eigenvalue weighted by molar-refractivity contribution is -0.148. The summed E-state index contributed by atoms with van der Waals surface area (Å²) in [5, 5.41) is 2.79. The van der Waals surface area contributed by atoms with Gasteiger partial charge in [-0.05, 0) is 61.7 Å². The van der Waals surface area contributed by atoms with Crippen LogP contribution in [-0.4, -0.2) is 32.2 Å². The first-order chi connectivity index (χ1) is 13.3. The van der Waals surface area contributed by atoms with Gasteiger partial charge in [-0.2, -0.15) is 0 Å². The lowest BCUT2D eigenvalue weighted by Crippen LogP contribution is -2.29. The highest BCUT2D eigenvalue weighted by Gasteiger charge is 2.17. The van der Waals surface area contributed by atoms with E-state index in [0.717, 1.165) is 11.1 Å². The molecule has 1 atom stereocenters. The summed E-state index contributed by atoms with van der Waals surface area (Å²) in [6, 6.07) is 11.0. The van der Waals surface area contributed by atoms with Crippen molar-refractivity contribution in [2.45, 2.75) is 26.9 Å². The maximum atomic E-state index is 12.3. The molecule has 0 aliphatic carbocycles. The highest BCUT2D eigenvalue weighted by molar-refractivity contribution is 5.97. The smallest absolute Gasteiger partial charge is 0.331 e. The topological polar surface area (TPSA) is 73.9 Å². The molecule has 0 unspecified atom stereocenters. The Labute approximate surface area is 165 Å². The summed E-state index contributed by atoms with van der Waals surface area (Å²) >= 11 is 0. The van der Waals surface area contributed by atoms with E-state index in [1.54, 1.807) is 38.5 Å². The molecule has 28 heavy (non-hydrogen) atoms. The average molecular weight is 383 g/mol. The van der Waals surface area contributed by atoms with Gasteiger partial charge in [-0.1, -0.05) is 12.1 Å². The van der Waals surface area contributed by atoms with Crippen molar-refractivity contribution >= 4 is 23.6 Å². The maximum Gasteiger partial charge on any atom is 0.331 e. The first-order valence-corrected chi connectivity index (χ1v) is 8.82. The van der Waals surface area contributed by atoms with Crippen molar-refractivity contribution in [3.05, 3.63) is 59.2 Å². The van der Waals surface area contributed by atoms with Gasteiger partial charge in [0, 0.05) is 17.8 Å². The molecule has 1 amide bonds. The number of hydrogen-bond donors (Lipinski definition) is 1. The van der Waals surface area contributed by atoms with Gasteiger partial charge in [0.2, 0.25) is 0 Å². The molecular formula is C22H25NO5. The Hall–Kier alpha value is -3.28. The number of ether oxygens (including phenoxy) is 3. The van der Waals surface area contributed by atoms with Gasteiger partial charge in [0.15, 0.2) is 6.10 Å². The summed E-state index contributed by atoms with van der Waals surface area (Å²) in [6.45, 7) is 5.37. The summed E-state index contributed by atoms with van der Waals surface area (Å²) in [6.07, 6.45) is 1.90. The van der Waals surface area contributed by atoms with E-state index in [1.807, 2.05) is 32.0 Å². The van der Waals surface area contributed by atoms with E-state index in [-0.39, 0.29) is 0 Å². The lowest BCUT2D eigenvalue weighted by atomic mass is 10.1. The van der Waals surface area contributed by atoms with E-state index in [0.29, 0.717) is 22.7 Å². The number of hydrogen-bond acceptors (Lipinski definition) is 5. The first-order valence-electron chi connectivity index (χ1n) is 8.82. The molecule has 0 saturated carbocycles. The Morgan fingerprint density at radius 2 is 1.64 bits per heavy atom. The number of amides is 1. The van der Waals surface area contributed by atoms with Gasteiger partial charge in [0.25, 0.3) is 5.91 Å². The zero-order valence-corrected chi connectivity index (χ0v) is 16.7. The van der Waals surface area contributed by atoms with Crippen LogP contribution in [0, 0.1) is 13.8 Å². The zero-order valence-electron chi connectivity index (χ0n) is 16.7. The van der Waals surface area contributed by atoms with Gasteiger partial charge in [-0.3, -0.25) is 4.79 Å². The minimum Gasteiger partial charge on any atom is -0.497 e. The molecule has 0 radical (unpaired) electrons. The second-order valence-electron chi connectivity index (χ2n) is 6.37. The van der Waals surface area contributed by atoms with Crippen LogP contribution in [-0.2, 0) is 14.3 Å². The van der Waals surface area contributed by atoms with E-state index in [1.165, 1.54) is 13.0 Å². The standard InChI is InChI=1S/C22H25NO5/c1-14-6-7-15(2)20(10-14)23-22(25)16(3)28-21(24)9-8-17-11-18(26-4)13-19(12-17)27-5/h6-13,16H,1-5H3,(H,23,25)/b9-8+/t16-/m1/s1. The Bertz CT molecular complexity index is 866. The van der Waals surface area contributed by atoms with Crippen molar-refractivity contribution in [3.63, 3.8) is 0 Å². The van der Waals surface area contributed by atoms with Crippen molar-refractivity contribution in [2.24, 2.45) is 0 Å². The van der Waals surface area contributed by atoms with Crippen LogP contribution < -0.4 is 14.8 Å². The summed E-state index contributed by atoms with van der Waals surface area (Å²) in [7, 11) is 3.10. The molecule has 0 aromatic heterocycles. The SMILES string of the molecule is COc1cc(/C=C/C(=O)O[C@H](C)C(=O)Nc2cc(C)ccc2C)cc(OC)c1. The molecule has 1 N–H and O–H groups in total. The number of aryl methyl sites for hydroxylation is 2. The number of anilines is 1. The predicted octanol–water partition coefficient (Wildman–Crippen LogP) is 3.90. The molecule has 0 aliphatic rings. The van der Waals surface area contributed by atoms with Gasteiger partial charge in [0.1, 0.15) is 11.5 Å². The highest BCUT2D eigenvalue weighted by Crippen LogP contribution is 2.23. The van der Waals surface area contributed by atoms with E-state index in [2.05, 4.69) is 5.32 Å². The molecular weight excluding hydrogens is 358 g/mol. The zero-order chi connectivity index (χ0) is 20.7. The fourth-order valence-corrected chi connectivity index (χ4v) is 2.46. The van der Waals surface area contributed by atoms with Crippen LogP contribution in [0.1, 0.15) is 23.6 Å².